The van der Waals surface area contributed by atoms with Gasteiger partial charge in [-0.3, -0.25) is 0 Å². The highest BCUT2D eigenvalue weighted by Gasteiger charge is 2.30. The van der Waals surface area contributed by atoms with E-state index in [1.165, 1.54) is 22.5 Å². The first-order valence-corrected chi connectivity index (χ1v) is 13.2. The summed E-state index contributed by atoms with van der Waals surface area (Å²) in [5.41, 5.74) is 1.98. The van der Waals surface area contributed by atoms with Crippen molar-refractivity contribution in [3.63, 3.8) is 0 Å². The van der Waals surface area contributed by atoms with Crippen LogP contribution in [0.3, 0.4) is 0 Å². The number of hydrogen-bond acceptors (Lipinski definition) is 7. The lowest BCUT2D eigenvalue weighted by molar-refractivity contribution is 0.384. The van der Waals surface area contributed by atoms with Crippen LogP contribution in [0.25, 0.3) is 0 Å². The number of aromatic nitrogens is 1. The van der Waals surface area contributed by atoms with Crippen LogP contribution < -0.4 is 14.4 Å². The molecule has 1 aliphatic rings. The zero-order valence-corrected chi connectivity index (χ0v) is 21.3. The van der Waals surface area contributed by atoms with Crippen LogP contribution in [0.1, 0.15) is 11.3 Å². The van der Waals surface area contributed by atoms with Gasteiger partial charge in [-0.15, -0.1) is 11.3 Å². The van der Waals surface area contributed by atoms with Gasteiger partial charge >= 0.3 is 0 Å². The number of ether oxygens (including phenoxy) is 2. The summed E-state index contributed by atoms with van der Waals surface area (Å²) in [7, 11) is -0.414. The van der Waals surface area contributed by atoms with Gasteiger partial charge in [0.05, 0.1) is 24.8 Å². The van der Waals surface area contributed by atoms with Gasteiger partial charge in [-0.25, -0.2) is 13.4 Å². The zero-order valence-electron chi connectivity index (χ0n) is 18.1. The number of thiazole rings is 1. The molecule has 2 heterocycles. The Morgan fingerprint density at radius 1 is 0.939 bits per heavy atom. The predicted octanol–water partition coefficient (Wildman–Crippen LogP) is 4.57. The van der Waals surface area contributed by atoms with Crippen LogP contribution >= 0.6 is 34.5 Å². The molecule has 1 aromatic heterocycles. The topological polar surface area (TPSA) is 72.0 Å². The van der Waals surface area contributed by atoms with Crippen molar-refractivity contribution in [1.29, 1.82) is 0 Å². The molecule has 4 rings (SSSR count). The van der Waals surface area contributed by atoms with Crippen LogP contribution in [0, 0.1) is 0 Å². The van der Waals surface area contributed by atoms with Gasteiger partial charge in [0.15, 0.2) is 5.13 Å². The van der Waals surface area contributed by atoms with Gasteiger partial charge in [0, 0.05) is 54.1 Å². The van der Waals surface area contributed by atoms with E-state index in [0.29, 0.717) is 42.6 Å². The molecule has 11 heteroatoms. The van der Waals surface area contributed by atoms with E-state index >= 15 is 0 Å². The smallest absolute Gasteiger partial charge is 0.243 e. The highest BCUT2D eigenvalue weighted by molar-refractivity contribution is 7.89. The number of benzene rings is 2. The second-order valence-corrected chi connectivity index (χ2v) is 11.2. The molecular weight excluding hydrogens is 505 g/mol. The largest absolute Gasteiger partial charge is 0.497 e. The maximum Gasteiger partial charge on any atom is 0.243 e. The predicted molar refractivity (Wildman–Crippen MR) is 132 cm³/mol. The van der Waals surface area contributed by atoms with Gasteiger partial charge in [0.2, 0.25) is 10.0 Å². The zero-order chi connectivity index (χ0) is 23.6. The highest BCUT2D eigenvalue weighted by Crippen LogP contribution is 2.29. The molecule has 7 nitrogen and oxygen atoms in total. The summed E-state index contributed by atoms with van der Waals surface area (Å²) >= 11 is 13.5. The summed E-state index contributed by atoms with van der Waals surface area (Å²) in [6.45, 7) is 1.81. The van der Waals surface area contributed by atoms with Gasteiger partial charge in [0.1, 0.15) is 11.5 Å². The third-order valence-corrected chi connectivity index (χ3v) is 8.58. The lowest BCUT2D eigenvalue weighted by Crippen LogP contribution is -2.48. The Hall–Kier alpha value is -2.04. The molecule has 0 N–H and O–H groups in total. The molecule has 0 saturated carbocycles. The van der Waals surface area contributed by atoms with E-state index in [2.05, 4.69) is 4.90 Å². The second kappa shape index (κ2) is 10.1. The van der Waals surface area contributed by atoms with Crippen LogP contribution in [0.15, 0.2) is 46.7 Å². The van der Waals surface area contributed by atoms with E-state index in [-0.39, 0.29) is 4.90 Å². The molecule has 0 spiro atoms. The number of rotatable bonds is 7. The minimum absolute atomic E-state index is 0.110. The molecule has 0 amide bonds. The van der Waals surface area contributed by atoms with Crippen molar-refractivity contribution in [3.8, 4) is 11.5 Å². The first-order chi connectivity index (χ1) is 15.8. The van der Waals surface area contributed by atoms with Gasteiger partial charge in [-0.2, -0.15) is 4.31 Å². The minimum atomic E-state index is -3.66. The Kier molecular flexibility index (Phi) is 7.35. The molecular formula is C22H23Cl2N3O4S2. The lowest BCUT2D eigenvalue weighted by Gasteiger charge is -2.33. The van der Waals surface area contributed by atoms with Gasteiger partial charge in [0.25, 0.3) is 0 Å². The van der Waals surface area contributed by atoms with E-state index in [1.807, 2.05) is 23.6 Å². The maximum atomic E-state index is 13.0. The fourth-order valence-corrected chi connectivity index (χ4v) is 6.68. The number of anilines is 1. The molecule has 1 saturated heterocycles. The SMILES string of the molecule is COc1cc(Cc2csc(N3CCN(S(=O)(=O)c4cc(Cl)cc(Cl)c4)CC3)n2)cc(OC)c1. The summed E-state index contributed by atoms with van der Waals surface area (Å²) < 4.78 is 38.2. The monoisotopic (exact) mass is 527 g/mol. The molecule has 1 fully saturated rings. The molecule has 0 bridgehead atoms. The summed E-state index contributed by atoms with van der Waals surface area (Å²) in [6, 6.07) is 10.1. The van der Waals surface area contributed by atoms with Crippen LogP contribution in [0.5, 0.6) is 11.5 Å². The van der Waals surface area contributed by atoms with Crippen LogP contribution in [-0.4, -0.2) is 58.1 Å². The number of sulfonamides is 1. The normalized spacial score (nSPS) is 15.0. The molecule has 1 aliphatic heterocycles. The molecule has 176 valence electrons. The van der Waals surface area contributed by atoms with Crippen molar-refractivity contribution < 1.29 is 17.9 Å². The number of methoxy groups -OCH3 is 2. The van der Waals surface area contributed by atoms with E-state index in [0.717, 1.165) is 27.9 Å². The van der Waals surface area contributed by atoms with Crippen molar-refractivity contribution in [2.45, 2.75) is 11.3 Å². The van der Waals surface area contributed by atoms with Crippen molar-refractivity contribution in [2.24, 2.45) is 0 Å². The molecule has 2 aromatic carbocycles. The highest BCUT2D eigenvalue weighted by atomic mass is 35.5. The summed E-state index contributed by atoms with van der Waals surface area (Å²) in [5.74, 6) is 1.47. The Labute approximate surface area is 207 Å². The Bertz CT molecular complexity index is 1200. The third-order valence-electron chi connectivity index (χ3n) is 5.32. The number of piperazine rings is 1. The first kappa shape index (κ1) is 24.1. The van der Waals surface area contributed by atoms with Crippen molar-refractivity contribution in [3.05, 3.63) is 63.1 Å². The summed E-state index contributed by atoms with van der Waals surface area (Å²) in [4.78, 5) is 6.99. The molecule has 0 unspecified atom stereocenters. The molecule has 3 aromatic rings. The molecule has 0 atom stereocenters. The summed E-state index contributed by atoms with van der Waals surface area (Å²) in [5, 5.41) is 3.49. The fourth-order valence-electron chi connectivity index (χ4n) is 3.65. The Morgan fingerprint density at radius 2 is 1.55 bits per heavy atom. The van der Waals surface area contributed by atoms with Crippen molar-refractivity contribution >= 4 is 49.7 Å². The van der Waals surface area contributed by atoms with Crippen molar-refractivity contribution in [2.75, 3.05) is 45.3 Å². The number of halogens is 2. The molecule has 0 aliphatic carbocycles. The van der Waals surface area contributed by atoms with Crippen LogP contribution in [0.2, 0.25) is 10.0 Å². The quantitative estimate of drug-likeness (QED) is 0.448. The van der Waals surface area contributed by atoms with Gasteiger partial charge in [-0.05, 0) is 35.9 Å². The first-order valence-electron chi connectivity index (χ1n) is 10.2. The lowest BCUT2D eigenvalue weighted by atomic mass is 10.1. The Morgan fingerprint density at radius 3 is 2.12 bits per heavy atom. The van der Waals surface area contributed by atoms with E-state index in [9.17, 15) is 8.42 Å². The number of nitrogens with zero attached hydrogens (tertiary/aromatic N) is 3. The van der Waals surface area contributed by atoms with Crippen molar-refractivity contribution in [1.82, 2.24) is 9.29 Å². The number of hydrogen-bond donors (Lipinski definition) is 0. The average molecular weight is 528 g/mol. The minimum Gasteiger partial charge on any atom is -0.497 e. The molecule has 33 heavy (non-hydrogen) atoms. The van der Waals surface area contributed by atoms with Crippen LogP contribution in [-0.2, 0) is 16.4 Å². The standard InChI is InChI=1S/C22H23Cl2N3O4S2/c1-30-19-8-15(9-20(13-19)31-2)7-18-14-32-22(25-18)26-3-5-27(6-4-26)33(28,29)21-11-16(23)10-17(24)12-21/h8-14H,3-7H2,1-2H3. The Balaban J connectivity index is 1.42. The van der Waals surface area contributed by atoms with Gasteiger partial charge in [-0.1, -0.05) is 23.2 Å². The third kappa shape index (κ3) is 5.55. The maximum absolute atomic E-state index is 13.0. The van der Waals surface area contributed by atoms with E-state index in [1.54, 1.807) is 25.6 Å². The second-order valence-electron chi connectivity index (χ2n) is 7.52. The molecule has 0 radical (unpaired) electrons. The summed E-state index contributed by atoms with van der Waals surface area (Å²) in [6.07, 6.45) is 0.647. The van der Waals surface area contributed by atoms with Gasteiger partial charge < -0.3 is 14.4 Å². The van der Waals surface area contributed by atoms with E-state index < -0.39 is 10.0 Å². The fraction of sp³-hybridized carbons (Fsp3) is 0.318. The average Bonchev–Trinajstić information content (AvgIpc) is 3.26. The van der Waals surface area contributed by atoms with Crippen LogP contribution in [0.4, 0.5) is 5.13 Å². The van der Waals surface area contributed by atoms with E-state index in [4.69, 9.17) is 37.7 Å².